The van der Waals surface area contributed by atoms with Gasteiger partial charge in [-0.15, -0.1) is 0 Å². The molecule has 21 heavy (non-hydrogen) atoms. The fourth-order valence-corrected chi connectivity index (χ4v) is 1.89. The molecule has 0 aliphatic heterocycles. The Labute approximate surface area is 126 Å². The van der Waals surface area contributed by atoms with E-state index >= 15 is 0 Å². The molecule has 0 fully saturated rings. The largest absolute Gasteiger partial charge is 0.493 e. The van der Waals surface area contributed by atoms with Crippen molar-refractivity contribution in [2.45, 2.75) is 6.42 Å². The fourth-order valence-electron chi connectivity index (χ4n) is 1.89. The zero-order valence-electron chi connectivity index (χ0n) is 13.1. The smallest absolute Gasteiger partial charge is 0.246 e. The van der Waals surface area contributed by atoms with Crippen molar-refractivity contribution in [2.24, 2.45) is 0 Å². The van der Waals surface area contributed by atoms with E-state index < -0.39 is 0 Å². The lowest BCUT2D eigenvalue weighted by Crippen LogP contribution is -2.26. The van der Waals surface area contributed by atoms with E-state index in [9.17, 15) is 4.79 Å². The Morgan fingerprint density at radius 3 is 2.62 bits per heavy atom. The molecular weight excluding hydrogens is 270 g/mol. The molecule has 0 aliphatic carbocycles. The Morgan fingerprint density at radius 1 is 1.24 bits per heavy atom. The van der Waals surface area contributed by atoms with Gasteiger partial charge in [-0.1, -0.05) is 12.1 Å². The molecule has 0 atom stereocenters. The van der Waals surface area contributed by atoms with Crippen LogP contribution in [0.1, 0.15) is 12.0 Å². The number of methoxy groups -OCH3 is 3. The highest BCUT2D eigenvalue weighted by Crippen LogP contribution is 2.31. The number of hydrogen-bond donors (Lipinski definition) is 0. The molecule has 1 rings (SSSR count). The number of carbonyl (C=O) groups excluding carboxylic acids is 1. The minimum Gasteiger partial charge on any atom is -0.493 e. The van der Waals surface area contributed by atoms with E-state index in [1.165, 1.54) is 6.08 Å². The van der Waals surface area contributed by atoms with Crippen LogP contribution in [0.2, 0.25) is 0 Å². The van der Waals surface area contributed by atoms with Gasteiger partial charge >= 0.3 is 0 Å². The van der Waals surface area contributed by atoms with Crippen LogP contribution in [-0.2, 0) is 9.53 Å². The van der Waals surface area contributed by atoms with Crippen LogP contribution in [0.25, 0.3) is 6.08 Å². The first-order chi connectivity index (χ1) is 10.1. The topological polar surface area (TPSA) is 48.0 Å². The summed E-state index contributed by atoms with van der Waals surface area (Å²) in [5, 5.41) is 0. The van der Waals surface area contributed by atoms with Crippen molar-refractivity contribution in [3.05, 3.63) is 29.8 Å². The molecule has 0 saturated heterocycles. The van der Waals surface area contributed by atoms with E-state index in [0.717, 1.165) is 12.0 Å². The number of rotatable bonds is 8. The Kier molecular flexibility index (Phi) is 7.32. The molecule has 1 amide bonds. The average molecular weight is 293 g/mol. The van der Waals surface area contributed by atoms with Crippen LogP contribution in [0.15, 0.2) is 24.3 Å². The van der Waals surface area contributed by atoms with E-state index in [1.54, 1.807) is 39.4 Å². The second-order valence-corrected chi connectivity index (χ2v) is 4.52. The van der Waals surface area contributed by atoms with Gasteiger partial charge in [-0.25, -0.2) is 0 Å². The van der Waals surface area contributed by atoms with Crippen LogP contribution in [0.4, 0.5) is 0 Å². The molecule has 0 aromatic heterocycles. The van der Waals surface area contributed by atoms with Crippen molar-refractivity contribution in [1.29, 1.82) is 0 Å². The Bertz CT molecular complexity index is 485. The van der Waals surface area contributed by atoms with E-state index in [-0.39, 0.29) is 5.91 Å². The third kappa shape index (κ3) is 5.11. The second kappa shape index (κ2) is 9.02. The predicted molar refractivity (Wildman–Crippen MR) is 82.7 cm³/mol. The van der Waals surface area contributed by atoms with Crippen LogP contribution in [0.3, 0.4) is 0 Å². The summed E-state index contributed by atoms with van der Waals surface area (Å²) in [6.45, 7) is 1.30. The third-order valence-electron chi connectivity index (χ3n) is 3.06. The quantitative estimate of drug-likeness (QED) is 0.544. The number of ether oxygens (including phenoxy) is 3. The van der Waals surface area contributed by atoms with E-state index in [4.69, 9.17) is 14.2 Å². The van der Waals surface area contributed by atoms with Crippen LogP contribution in [0, 0.1) is 0 Å². The highest BCUT2D eigenvalue weighted by atomic mass is 16.5. The van der Waals surface area contributed by atoms with Crippen molar-refractivity contribution in [3.8, 4) is 11.5 Å². The maximum Gasteiger partial charge on any atom is 0.246 e. The number of hydrogen-bond acceptors (Lipinski definition) is 4. The summed E-state index contributed by atoms with van der Waals surface area (Å²) in [5.41, 5.74) is 0.801. The van der Waals surface area contributed by atoms with Crippen LogP contribution < -0.4 is 9.47 Å². The molecule has 0 radical (unpaired) electrons. The van der Waals surface area contributed by atoms with Crippen LogP contribution in [-0.4, -0.2) is 52.3 Å². The van der Waals surface area contributed by atoms with Gasteiger partial charge in [0.2, 0.25) is 5.91 Å². The molecule has 0 unspecified atom stereocenters. The monoisotopic (exact) mass is 293 g/mol. The molecule has 5 heteroatoms. The van der Waals surface area contributed by atoms with Crippen molar-refractivity contribution < 1.29 is 19.0 Å². The van der Waals surface area contributed by atoms with Gasteiger partial charge in [0.1, 0.15) is 0 Å². The van der Waals surface area contributed by atoms with Gasteiger partial charge in [0.15, 0.2) is 11.5 Å². The third-order valence-corrected chi connectivity index (χ3v) is 3.06. The predicted octanol–water partition coefficient (Wildman–Crippen LogP) is 2.21. The molecule has 0 saturated carbocycles. The molecule has 116 valence electrons. The number of carbonyl (C=O) groups is 1. The lowest BCUT2D eigenvalue weighted by Gasteiger charge is -2.14. The summed E-state index contributed by atoms with van der Waals surface area (Å²) < 4.78 is 15.5. The standard InChI is InChI=1S/C16H23NO4/c1-17(11-6-12-19-2)15(18)10-9-13-7-5-8-14(20-3)16(13)21-4/h5,7-10H,6,11-12H2,1-4H3/b10-9+. The lowest BCUT2D eigenvalue weighted by molar-refractivity contribution is -0.124. The maximum atomic E-state index is 12.0. The van der Waals surface area contributed by atoms with Gasteiger partial charge in [0.05, 0.1) is 14.2 Å². The summed E-state index contributed by atoms with van der Waals surface area (Å²) in [7, 11) is 6.58. The van der Waals surface area contributed by atoms with Crippen LogP contribution in [0.5, 0.6) is 11.5 Å². The van der Waals surface area contributed by atoms with Crippen molar-refractivity contribution in [1.82, 2.24) is 4.90 Å². The number of amides is 1. The summed E-state index contributed by atoms with van der Waals surface area (Å²) >= 11 is 0. The van der Waals surface area contributed by atoms with Gasteiger partial charge < -0.3 is 19.1 Å². The van der Waals surface area contributed by atoms with Crippen molar-refractivity contribution in [3.63, 3.8) is 0 Å². The Hall–Kier alpha value is -2.01. The molecule has 1 aromatic carbocycles. The van der Waals surface area contributed by atoms with E-state index in [2.05, 4.69) is 0 Å². The molecule has 0 bridgehead atoms. The fraction of sp³-hybridized carbons (Fsp3) is 0.438. The molecular formula is C16H23NO4. The number of benzene rings is 1. The highest BCUT2D eigenvalue weighted by Gasteiger charge is 2.08. The number of para-hydroxylation sites is 1. The summed E-state index contributed by atoms with van der Waals surface area (Å²) in [6.07, 6.45) is 4.08. The SMILES string of the molecule is COCCCN(C)C(=O)/C=C/c1cccc(OC)c1OC. The second-order valence-electron chi connectivity index (χ2n) is 4.52. The summed E-state index contributed by atoms with van der Waals surface area (Å²) in [4.78, 5) is 13.6. The zero-order chi connectivity index (χ0) is 15.7. The maximum absolute atomic E-state index is 12.0. The summed E-state index contributed by atoms with van der Waals surface area (Å²) in [6, 6.07) is 5.54. The van der Waals surface area contributed by atoms with Crippen molar-refractivity contribution in [2.75, 3.05) is 41.5 Å². The molecule has 0 heterocycles. The average Bonchev–Trinajstić information content (AvgIpc) is 2.51. The molecule has 0 aliphatic rings. The first-order valence-electron chi connectivity index (χ1n) is 6.77. The molecule has 1 aromatic rings. The van der Waals surface area contributed by atoms with Crippen LogP contribution >= 0.6 is 0 Å². The van der Waals surface area contributed by atoms with Gasteiger partial charge in [0, 0.05) is 38.9 Å². The molecule has 0 spiro atoms. The van der Waals surface area contributed by atoms with Gasteiger partial charge in [0.25, 0.3) is 0 Å². The number of likely N-dealkylation sites (N-methyl/N-ethyl adjacent to an activating group) is 1. The highest BCUT2D eigenvalue weighted by molar-refractivity contribution is 5.92. The lowest BCUT2D eigenvalue weighted by atomic mass is 10.1. The minimum absolute atomic E-state index is 0.0593. The normalized spacial score (nSPS) is 10.7. The Balaban J connectivity index is 2.73. The van der Waals surface area contributed by atoms with E-state index in [0.29, 0.717) is 24.7 Å². The van der Waals surface area contributed by atoms with Crippen molar-refractivity contribution >= 4 is 12.0 Å². The summed E-state index contributed by atoms with van der Waals surface area (Å²) in [5.74, 6) is 1.20. The van der Waals surface area contributed by atoms with Gasteiger partial charge in [-0.05, 0) is 18.6 Å². The molecule has 5 nitrogen and oxygen atoms in total. The van der Waals surface area contributed by atoms with E-state index in [1.807, 2.05) is 18.2 Å². The first kappa shape index (κ1) is 17.0. The number of nitrogens with zero attached hydrogens (tertiary/aromatic N) is 1. The Morgan fingerprint density at radius 2 is 2.00 bits per heavy atom. The van der Waals surface area contributed by atoms with Gasteiger partial charge in [-0.3, -0.25) is 4.79 Å². The van der Waals surface area contributed by atoms with Gasteiger partial charge in [-0.2, -0.15) is 0 Å². The minimum atomic E-state index is -0.0593. The zero-order valence-corrected chi connectivity index (χ0v) is 13.1. The first-order valence-corrected chi connectivity index (χ1v) is 6.77. The molecule has 0 N–H and O–H groups in total.